The van der Waals surface area contributed by atoms with Gasteiger partial charge >= 0.3 is 5.97 Å². The van der Waals surface area contributed by atoms with Crippen molar-refractivity contribution >= 4 is 17.6 Å². The van der Waals surface area contributed by atoms with Gasteiger partial charge in [-0.25, -0.2) is 4.39 Å². The number of halogens is 2. The standard InChI is InChI=1S/C15H17ClFNO3/c16-12-2-1-10(13(17)5-12)6-18-7-11-8-21-4-3-15(11,9-18)14(19)20/h1-2,5,11H,3-4,6-9H2,(H,19,20)/t11-,15+/m1/s1. The minimum atomic E-state index is -0.769. The number of fused-ring (bicyclic) bond motifs is 1. The van der Waals surface area contributed by atoms with E-state index >= 15 is 0 Å². The van der Waals surface area contributed by atoms with Crippen LogP contribution in [0, 0.1) is 17.2 Å². The summed E-state index contributed by atoms with van der Waals surface area (Å²) < 4.78 is 19.3. The average Bonchev–Trinajstić information content (AvgIpc) is 2.81. The van der Waals surface area contributed by atoms with Gasteiger partial charge in [-0.1, -0.05) is 17.7 Å². The quantitative estimate of drug-likeness (QED) is 0.931. The zero-order chi connectivity index (χ0) is 15.0. The zero-order valence-corrected chi connectivity index (χ0v) is 12.3. The third-order valence-electron chi connectivity index (χ3n) is 4.61. The van der Waals surface area contributed by atoms with Crippen LogP contribution in [0.15, 0.2) is 18.2 Å². The van der Waals surface area contributed by atoms with Gasteiger partial charge in [-0.3, -0.25) is 9.69 Å². The highest BCUT2D eigenvalue weighted by molar-refractivity contribution is 6.30. The molecule has 1 N–H and O–H groups in total. The number of carboxylic acids is 1. The van der Waals surface area contributed by atoms with Gasteiger partial charge in [0.25, 0.3) is 0 Å². The molecule has 1 aromatic rings. The number of benzene rings is 1. The third-order valence-corrected chi connectivity index (χ3v) is 4.85. The highest BCUT2D eigenvalue weighted by Crippen LogP contribution is 2.42. The molecule has 0 amide bonds. The first kappa shape index (κ1) is 14.8. The molecule has 1 aromatic carbocycles. The number of carboxylic acid groups (broad SMARTS) is 1. The van der Waals surface area contributed by atoms with Gasteiger partial charge in [-0.15, -0.1) is 0 Å². The lowest BCUT2D eigenvalue weighted by Gasteiger charge is -2.34. The molecule has 2 fully saturated rings. The smallest absolute Gasteiger partial charge is 0.311 e. The van der Waals surface area contributed by atoms with Crippen molar-refractivity contribution in [2.45, 2.75) is 13.0 Å². The fourth-order valence-corrected chi connectivity index (χ4v) is 3.57. The zero-order valence-electron chi connectivity index (χ0n) is 11.5. The van der Waals surface area contributed by atoms with Crippen LogP contribution in [0.25, 0.3) is 0 Å². The average molecular weight is 314 g/mol. The minimum absolute atomic E-state index is 0.0286. The Hall–Kier alpha value is -1.17. The maximum atomic E-state index is 13.9. The molecule has 114 valence electrons. The fourth-order valence-electron chi connectivity index (χ4n) is 3.41. The summed E-state index contributed by atoms with van der Waals surface area (Å²) in [4.78, 5) is 13.7. The van der Waals surface area contributed by atoms with Crippen molar-refractivity contribution in [3.8, 4) is 0 Å². The highest BCUT2D eigenvalue weighted by atomic mass is 35.5. The van der Waals surface area contributed by atoms with Crippen LogP contribution < -0.4 is 0 Å². The topological polar surface area (TPSA) is 49.8 Å². The molecule has 2 atom stereocenters. The van der Waals surface area contributed by atoms with Crippen molar-refractivity contribution in [1.82, 2.24) is 4.90 Å². The summed E-state index contributed by atoms with van der Waals surface area (Å²) >= 11 is 5.75. The van der Waals surface area contributed by atoms with Crippen LogP contribution in [0.5, 0.6) is 0 Å². The van der Waals surface area contributed by atoms with E-state index < -0.39 is 11.4 Å². The summed E-state index contributed by atoms with van der Waals surface area (Å²) in [6.45, 7) is 2.40. The molecule has 0 spiro atoms. The number of aliphatic carboxylic acids is 1. The number of rotatable bonds is 3. The number of ether oxygens (including phenoxy) is 1. The van der Waals surface area contributed by atoms with Gasteiger partial charge in [0.15, 0.2) is 0 Å². The van der Waals surface area contributed by atoms with Gasteiger partial charge in [-0.05, 0) is 18.6 Å². The summed E-state index contributed by atoms with van der Waals surface area (Å²) in [5.74, 6) is -1.15. The summed E-state index contributed by atoms with van der Waals surface area (Å²) in [6, 6.07) is 4.60. The first-order valence-corrected chi connectivity index (χ1v) is 7.36. The predicted octanol–water partition coefficient (Wildman–Crippen LogP) is 2.40. The van der Waals surface area contributed by atoms with E-state index in [0.717, 1.165) is 0 Å². The summed E-state index contributed by atoms with van der Waals surface area (Å²) in [5, 5.41) is 9.96. The first-order chi connectivity index (χ1) is 10.0. The van der Waals surface area contributed by atoms with Crippen molar-refractivity contribution in [3.05, 3.63) is 34.6 Å². The molecule has 0 saturated carbocycles. The lowest BCUT2D eigenvalue weighted by atomic mass is 9.74. The summed E-state index contributed by atoms with van der Waals surface area (Å²) in [5.41, 5.74) is -0.208. The molecule has 21 heavy (non-hydrogen) atoms. The van der Waals surface area contributed by atoms with Crippen LogP contribution in [0.4, 0.5) is 4.39 Å². The van der Waals surface area contributed by atoms with Gasteiger partial charge in [0.2, 0.25) is 0 Å². The lowest BCUT2D eigenvalue weighted by molar-refractivity contribution is -0.157. The molecule has 2 aliphatic heterocycles. The van der Waals surface area contributed by atoms with Crippen molar-refractivity contribution < 1.29 is 19.0 Å². The number of hydrogen-bond donors (Lipinski definition) is 1. The Morgan fingerprint density at radius 1 is 1.57 bits per heavy atom. The Morgan fingerprint density at radius 2 is 2.38 bits per heavy atom. The molecule has 0 bridgehead atoms. The molecule has 0 radical (unpaired) electrons. The monoisotopic (exact) mass is 313 g/mol. The normalized spacial score (nSPS) is 29.3. The van der Waals surface area contributed by atoms with E-state index in [9.17, 15) is 14.3 Å². The van der Waals surface area contributed by atoms with Crippen LogP contribution in [0.2, 0.25) is 5.02 Å². The largest absolute Gasteiger partial charge is 0.481 e. The van der Waals surface area contributed by atoms with E-state index in [0.29, 0.717) is 49.9 Å². The molecule has 4 nitrogen and oxygen atoms in total. The molecule has 2 saturated heterocycles. The van der Waals surface area contributed by atoms with Gasteiger partial charge in [0.05, 0.1) is 12.0 Å². The molecular weight excluding hydrogens is 297 g/mol. The summed E-state index contributed by atoms with van der Waals surface area (Å²) in [7, 11) is 0. The molecular formula is C15H17ClFNO3. The Balaban J connectivity index is 1.78. The Kier molecular flexibility index (Phi) is 3.90. The van der Waals surface area contributed by atoms with Crippen LogP contribution in [-0.2, 0) is 16.1 Å². The predicted molar refractivity (Wildman–Crippen MR) is 75.7 cm³/mol. The van der Waals surface area contributed by atoms with Crippen LogP contribution in [-0.4, -0.2) is 42.3 Å². The molecule has 3 rings (SSSR count). The van der Waals surface area contributed by atoms with Gasteiger partial charge in [0.1, 0.15) is 5.82 Å². The number of hydrogen-bond acceptors (Lipinski definition) is 3. The van der Waals surface area contributed by atoms with Gasteiger partial charge in [-0.2, -0.15) is 0 Å². The van der Waals surface area contributed by atoms with E-state index in [1.165, 1.54) is 6.07 Å². The minimum Gasteiger partial charge on any atom is -0.481 e. The van der Waals surface area contributed by atoms with Crippen LogP contribution in [0.1, 0.15) is 12.0 Å². The number of carbonyl (C=O) groups is 1. The van der Waals surface area contributed by atoms with Crippen LogP contribution in [0.3, 0.4) is 0 Å². The van der Waals surface area contributed by atoms with E-state index in [1.54, 1.807) is 12.1 Å². The van der Waals surface area contributed by atoms with E-state index in [1.807, 2.05) is 4.90 Å². The van der Waals surface area contributed by atoms with Gasteiger partial charge < -0.3 is 9.84 Å². The van der Waals surface area contributed by atoms with Crippen molar-refractivity contribution in [1.29, 1.82) is 0 Å². The van der Waals surface area contributed by atoms with E-state index in [2.05, 4.69) is 0 Å². The Morgan fingerprint density at radius 3 is 3.05 bits per heavy atom. The number of likely N-dealkylation sites (tertiary alicyclic amines) is 1. The molecule has 0 aromatic heterocycles. The second kappa shape index (κ2) is 5.55. The second-order valence-electron chi connectivity index (χ2n) is 5.89. The Labute approximate surface area is 127 Å². The maximum absolute atomic E-state index is 13.9. The van der Waals surface area contributed by atoms with E-state index in [-0.39, 0.29) is 11.7 Å². The molecule has 0 aliphatic carbocycles. The van der Waals surface area contributed by atoms with Crippen molar-refractivity contribution in [2.75, 3.05) is 26.3 Å². The molecule has 2 aliphatic rings. The SMILES string of the molecule is O=C(O)[C@]12CCOC[C@H]1CN(Cc1ccc(Cl)cc1F)C2. The van der Waals surface area contributed by atoms with Gasteiger partial charge in [0, 0.05) is 42.7 Å². The summed E-state index contributed by atoms with van der Waals surface area (Å²) in [6.07, 6.45) is 0.520. The van der Waals surface area contributed by atoms with Crippen LogP contribution >= 0.6 is 11.6 Å². The van der Waals surface area contributed by atoms with Crippen molar-refractivity contribution in [3.63, 3.8) is 0 Å². The highest BCUT2D eigenvalue weighted by Gasteiger charge is 2.53. The number of nitrogens with zero attached hydrogens (tertiary/aromatic N) is 1. The Bertz CT molecular complexity index is 568. The maximum Gasteiger partial charge on any atom is 0.311 e. The second-order valence-corrected chi connectivity index (χ2v) is 6.32. The fraction of sp³-hybridized carbons (Fsp3) is 0.533. The lowest BCUT2D eigenvalue weighted by Crippen LogP contribution is -2.44. The molecule has 2 heterocycles. The van der Waals surface area contributed by atoms with Crippen molar-refractivity contribution in [2.24, 2.45) is 11.3 Å². The first-order valence-electron chi connectivity index (χ1n) is 6.99. The van der Waals surface area contributed by atoms with E-state index in [4.69, 9.17) is 16.3 Å². The third kappa shape index (κ3) is 2.65. The molecule has 6 heteroatoms. The molecule has 0 unspecified atom stereocenters.